The van der Waals surface area contributed by atoms with Gasteiger partial charge in [-0.2, -0.15) is 5.10 Å². The topological polar surface area (TPSA) is 54.4 Å². The molecule has 7 heteroatoms. The van der Waals surface area contributed by atoms with Gasteiger partial charge in [0.05, 0.1) is 11.5 Å². The first kappa shape index (κ1) is 21.1. The molecule has 5 rings (SSSR count). The molecule has 6 nitrogen and oxygen atoms in total. The molecule has 32 heavy (non-hydrogen) atoms. The van der Waals surface area contributed by atoms with Crippen LogP contribution in [0.1, 0.15) is 25.3 Å². The van der Waals surface area contributed by atoms with Gasteiger partial charge in [-0.25, -0.2) is 4.39 Å². The number of anilines is 1. The van der Waals surface area contributed by atoms with Crippen molar-refractivity contribution in [1.29, 1.82) is 0 Å². The number of carbonyl (C=O) groups excluding carboxylic acids is 1. The van der Waals surface area contributed by atoms with Crippen LogP contribution in [0.15, 0.2) is 53.6 Å². The average molecular weight is 438 g/mol. The van der Waals surface area contributed by atoms with Gasteiger partial charge in [0, 0.05) is 33.2 Å². The minimum atomic E-state index is -0.622. The van der Waals surface area contributed by atoms with Crippen LogP contribution in [0.25, 0.3) is 0 Å². The van der Waals surface area contributed by atoms with E-state index < -0.39 is 5.41 Å². The lowest BCUT2D eigenvalue weighted by Gasteiger charge is -2.42. The molecule has 1 fully saturated rings. The number of halogens is 1. The van der Waals surface area contributed by atoms with Crippen molar-refractivity contribution in [2.24, 2.45) is 5.10 Å². The summed E-state index contributed by atoms with van der Waals surface area (Å²) in [5, 5.41) is 6.62. The standard InChI is InChI=1S/C25H28FN3O3/c1-17(30)24-25(18-7-4-3-5-8-18,11-6-12-28-14-20(15-28)31-2)23-16-32-22-10-9-19(26)13-21(22)29(23)27-24/h3-5,7-10,13,20,23H,6,11-12,14-16H2,1-2H3/t23-,25+/m1/s1. The fourth-order valence-corrected chi connectivity index (χ4v) is 5.34. The SMILES string of the molecule is COC1CN(CCC[C@@]2(c3ccccc3)C(C(C)=O)=NN3c4cc(F)ccc4OC[C@@H]32)C1. The Balaban J connectivity index is 1.51. The summed E-state index contributed by atoms with van der Waals surface area (Å²) in [6.45, 7) is 4.75. The van der Waals surface area contributed by atoms with Gasteiger partial charge in [-0.1, -0.05) is 30.3 Å². The second-order valence-corrected chi connectivity index (χ2v) is 8.85. The van der Waals surface area contributed by atoms with E-state index in [1.165, 1.54) is 12.1 Å². The normalized spacial score (nSPS) is 24.9. The zero-order valence-electron chi connectivity index (χ0n) is 18.5. The van der Waals surface area contributed by atoms with Crippen LogP contribution in [0.5, 0.6) is 5.75 Å². The maximum absolute atomic E-state index is 14.1. The van der Waals surface area contributed by atoms with Crippen molar-refractivity contribution in [1.82, 2.24) is 4.90 Å². The molecule has 0 aromatic heterocycles. The van der Waals surface area contributed by atoms with Gasteiger partial charge in [0.25, 0.3) is 0 Å². The largest absolute Gasteiger partial charge is 0.489 e. The van der Waals surface area contributed by atoms with E-state index >= 15 is 0 Å². The van der Waals surface area contributed by atoms with E-state index in [4.69, 9.17) is 14.6 Å². The first-order chi connectivity index (χ1) is 15.5. The molecule has 0 N–H and O–H groups in total. The third-order valence-electron chi connectivity index (χ3n) is 6.98. The molecular formula is C25H28FN3O3. The second-order valence-electron chi connectivity index (χ2n) is 8.85. The third kappa shape index (κ3) is 3.40. The van der Waals surface area contributed by atoms with Gasteiger partial charge in [0.1, 0.15) is 35.6 Å². The predicted octanol–water partition coefficient (Wildman–Crippen LogP) is 3.40. The summed E-state index contributed by atoms with van der Waals surface area (Å²) >= 11 is 0. The first-order valence-electron chi connectivity index (χ1n) is 11.1. The molecule has 2 aromatic carbocycles. The van der Waals surface area contributed by atoms with Gasteiger partial charge in [-0.3, -0.25) is 14.7 Å². The van der Waals surface area contributed by atoms with Gasteiger partial charge in [0.2, 0.25) is 0 Å². The number of methoxy groups -OCH3 is 1. The van der Waals surface area contributed by atoms with Crippen LogP contribution >= 0.6 is 0 Å². The van der Waals surface area contributed by atoms with Gasteiger partial charge in [0.15, 0.2) is 5.78 Å². The van der Waals surface area contributed by atoms with Crippen molar-refractivity contribution in [2.75, 3.05) is 38.4 Å². The maximum Gasteiger partial charge on any atom is 0.176 e. The number of ether oxygens (including phenoxy) is 2. The van der Waals surface area contributed by atoms with Crippen molar-refractivity contribution in [3.63, 3.8) is 0 Å². The molecule has 3 aliphatic heterocycles. The van der Waals surface area contributed by atoms with E-state index in [-0.39, 0.29) is 17.6 Å². The van der Waals surface area contributed by atoms with E-state index in [1.807, 2.05) is 23.2 Å². The minimum Gasteiger partial charge on any atom is -0.489 e. The number of nitrogens with zero attached hydrogens (tertiary/aromatic N) is 3. The van der Waals surface area contributed by atoms with Crippen LogP contribution in [0.2, 0.25) is 0 Å². The average Bonchev–Trinajstić information content (AvgIpc) is 3.12. The minimum absolute atomic E-state index is 0.0652. The van der Waals surface area contributed by atoms with Crippen molar-refractivity contribution in [3.8, 4) is 5.75 Å². The summed E-state index contributed by atoms with van der Waals surface area (Å²) in [6.07, 6.45) is 1.96. The lowest BCUT2D eigenvalue weighted by molar-refractivity contribution is -0.111. The highest BCUT2D eigenvalue weighted by Gasteiger charge is 2.55. The summed E-state index contributed by atoms with van der Waals surface area (Å²) < 4.78 is 25.6. The molecule has 0 radical (unpaired) electrons. The second kappa shape index (κ2) is 8.30. The summed E-state index contributed by atoms with van der Waals surface area (Å²) in [4.78, 5) is 15.3. The molecule has 0 bridgehead atoms. The van der Waals surface area contributed by atoms with Gasteiger partial charge < -0.3 is 9.47 Å². The van der Waals surface area contributed by atoms with Crippen LogP contribution in [-0.4, -0.2) is 61.9 Å². The highest BCUT2D eigenvalue weighted by molar-refractivity contribution is 6.43. The molecule has 3 heterocycles. The number of hydrazone groups is 1. The van der Waals surface area contributed by atoms with Crippen molar-refractivity contribution in [2.45, 2.75) is 37.3 Å². The monoisotopic (exact) mass is 437 g/mol. The lowest BCUT2D eigenvalue weighted by Crippen LogP contribution is -2.55. The lowest BCUT2D eigenvalue weighted by atomic mass is 9.67. The van der Waals surface area contributed by atoms with Gasteiger partial charge in [-0.05, 0) is 37.1 Å². The smallest absolute Gasteiger partial charge is 0.176 e. The number of rotatable bonds is 7. The fourth-order valence-electron chi connectivity index (χ4n) is 5.34. The molecule has 168 valence electrons. The van der Waals surface area contributed by atoms with E-state index in [2.05, 4.69) is 17.0 Å². The van der Waals surface area contributed by atoms with Crippen LogP contribution in [0.3, 0.4) is 0 Å². The molecule has 0 unspecified atom stereocenters. The first-order valence-corrected chi connectivity index (χ1v) is 11.1. The molecule has 0 aliphatic carbocycles. The Morgan fingerprint density at radius 2 is 2.03 bits per heavy atom. The molecule has 0 amide bonds. The Hall–Kier alpha value is -2.77. The Kier molecular flexibility index (Phi) is 5.47. The van der Waals surface area contributed by atoms with Crippen LogP contribution in [0.4, 0.5) is 10.1 Å². The summed E-state index contributed by atoms with van der Waals surface area (Å²) in [5.41, 5.74) is 1.52. The van der Waals surface area contributed by atoms with E-state index in [0.29, 0.717) is 29.9 Å². The van der Waals surface area contributed by atoms with Crippen molar-refractivity contribution < 1.29 is 18.7 Å². The number of carbonyl (C=O) groups is 1. The molecule has 3 aliphatic rings. The third-order valence-corrected chi connectivity index (χ3v) is 6.98. The molecule has 0 saturated carbocycles. The number of ketones is 1. The molecular weight excluding hydrogens is 409 g/mol. The van der Waals surface area contributed by atoms with E-state index in [1.54, 1.807) is 20.1 Å². The highest BCUT2D eigenvalue weighted by Crippen LogP contribution is 2.48. The number of hydrogen-bond donors (Lipinski definition) is 0. The summed E-state index contributed by atoms with van der Waals surface area (Å²) in [5.74, 6) is 0.171. The maximum atomic E-state index is 14.1. The Morgan fingerprint density at radius 3 is 2.75 bits per heavy atom. The highest BCUT2D eigenvalue weighted by atomic mass is 19.1. The molecule has 2 atom stereocenters. The number of likely N-dealkylation sites (tertiary alicyclic amines) is 1. The zero-order chi connectivity index (χ0) is 22.3. The van der Waals surface area contributed by atoms with Crippen LogP contribution < -0.4 is 9.75 Å². The number of benzene rings is 2. The quantitative estimate of drug-likeness (QED) is 0.665. The zero-order valence-corrected chi connectivity index (χ0v) is 18.5. The van der Waals surface area contributed by atoms with Gasteiger partial charge >= 0.3 is 0 Å². The van der Waals surface area contributed by atoms with Crippen molar-refractivity contribution >= 4 is 17.2 Å². The number of fused-ring (bicyclic) bond motifs is 3. The Bertz CT molecular complexity index is 1040. The summed E-state index contributed by atoms with van der Waals surface area (Å²) in [7, 11) is 1.75. The summed E-state index contributed by atoms with van der Waals surface area (Å²) in [6, 6.07) is 14.3. The predicted molar refractivity (Wildman–Crippen MR) is 121 cm³/mol. The molecule has 2 aromatic rings. The fraction of sp³-hybridized carbons (Fsp3) is 0.440. The van der Waals surface area contributed by atoms with Crippen LogP contribution in [-0.2, 0) is 14.9 Å². The van der Waals surface area contributed by atoms with E-state index in [0.717, 1.165) is 38.0 Å². The van der Waals surface area contributed by atoms with Gasteiger partial charge in [-0.15, -0.1) is 0 Å². The molecule has 0 spiro atoms. The number of Topliss-reactive ketones (excluding diaryl/α,β-unsaturated/α-hetero) is 1. The Morgan fingerprint density at radius 1 is 1.25 bits per heavy atom. The van der Waals surface area contributed by atoms with Crippen LogP contribution in [0, 0.1) is 5.82 Å². The molecule has 1 saturated heterocycles. The number of hydrogen-bond acceptors (Lipinski definition) is 6. The van der Waals surface area contributed by atoms with E-state index in [9.17, 15) is 9.18 Å². The van der Waals surface area contributed by atoms with Crippen molar-refractivity contribution in [3.05, 3.63) is 59.9 Å². The Labute approximate surface area is 187 Å².